The van der Waals surface area contributed by atoms with Crippen LogP contribution in [-0.2, 0) is 10.0 Å². The maximum absolute atomic E-state index is 13.4. The smallest absolute Gasteiger partial charge is 0.265 e. The van der Waals surface area contributed by atoms with E-state index in [0.717, 1.165) is 16.4 Å². The molecule has 31 heavy (non-hydrogen) atoms. The molecule has 5 rings (SSSR count). The average Bonchev–Trinajstić information content (AvgIpc) is 3.44. The number of hydrogen-bond donors (Lipinski definition) is 0. The van der Waals surface area contributed by atoms with E-state index in [9.17, 15) is 12.8 Å². The molecular formula is C21H16FN5O3S. The number of rotatable bonds is 5. The number of benzene rings is 2. The molecule has 2 aromatic carbocycles. The summed E-state index contributed by atoms with van der Waals surface area (Å²) in [6.07, 6.45) is 1.53. The van der Waals surface area contributed by atoms with Gasteiger partial charge in [-0.2, -0.15) is 0 Å². The van der Waals surface area contributed by atoms with Crippen molar-refractivity contribution >= 4 is 32.5 Å². The molecule has 0 spiro atoms. The van der Waals surface area contributed by atoms with Gasteiger partial charge >= 0.3 is 0 Å². The zero-order chi connectivity index (χ0) is 21.6. The lowest BCUT2D eigenvalue weighted by atomic mass is 10.3. The van der Waals surface area contributed by atoms with Crippen LogP contribution in [0.15, 0.2) is 76.2 Å². The van der Waals surface area contributed by atoms with Gasteiger partial charge in [-0.15, -0.1) is 10.2 Å². The van der Waals surface area contributed by atoms with Gasteiger partial charge in [-0.05, 0) is 55.5 Å². The predicted molar refractivity (Wildman–Crippen MR) is 113 cm³/mol. The van der Waals surface area contributed by atoms with E-state index >= 15 is 0 Å². The summed E-state index contributed by atoms with van der Waals surface area (Å²) in [5.41, 5.74) is 1.52. The highest BCUT2D eigenvalue weighted by Gasteiger charge is 2.29. The highest BCUT2D eigenvalue weighted by molar-refractivity contribution is 7.92. The summed E-state index contributed by atoms with van der Waals surface area (Å²) in [5, 5.41) is 8.48. The van der Waals surface area contributed by atoms with Gasteiger partial charge < -0.3 is 4.42 Å². The lowest BCUT2D eigenvalue weighted by molar-refractivity contribution is 0.576. The second kappa shape index (κ2) is 7.17. The van der Waals surface area contributed by atoms with Crippen LogP contribution in [0.3, 0.4) is 0 Å². The molecule has 5 aromatic rings. The third kappa shape index (κ3) is 3.03. The lowest BCUT2D eigenvalue weighted by Gasteiger charge is -2.22. The van der Waals surface area contributed by atoms with Gasteiger partial charge in [-0.1, -0.05) is 12.1 Å². The summed E-state index contributed by atoms with van der Waals surface area (Å²) in [6, 6.07) is 15.4. The fourth-order valence-electron chi connectivity index (χ4n) is 3.47. The van der Waals surface area contributed by atoms with Gasteiger partial charge in [-0.25, -0.2) is 22.1 Å². The van der Waals surface area contributed by atoms with Crippen molar-refractivity contribution in [1.82, 2.24) is 19.6 Å². The topological polar surface area (TPSA) is 93.6 Å². The van der Waals surface area contributed by atoms with Crippen molar-refractivity contribution in [1.29, 1.82) is 0 Å². The molecule has 0 unspecified atom stereocenters. The van der Waals surface area contributed by atoms with Gasteiger partial charge in [0.05, 0.1) is 22.2 Å². The Bertz CT molecular complexity index is 1500. The first kappa shape index (κ1) is 19.2. The summed E-state index contributed by atoms with van der Waals surface area (Å²) in [5.74, 6) is 0.513. The fourth-order valence-corrected chi connectivity index (χ4v) is 4.89. The Morgan fingerprint density at radius 2 is 1.81 bits per heavy atom. The van der Waals surface area contributed by atoms with Crippen LogP contribution in [0.1, 0.15) is 6.92 Å². The van der Waals surface area contributed by atoms with E-state index in [1.165, 1.54) is 18.4 Å². The van der Waals surface area contributed by atoms with Crippen molar-refractivity contribution in [2.75, 3.05) is 10.8 Å². The van der Waals surface area contributed by atoms with Crippen molar-refractivity contribution < 1.29 is 17.2 Å². The SMILES string of the molecule is CCN(c1nc2ccccc2n2c(-c3ccco3)nnc12)S(=O)(=O)c1ccc(F)cc1. The lowest BCUT2D eigenvalue weighted by Crippen LogP contribution is -2.32. The second-order valence-corrected chi connectivity index (χ2v) is 8.57. The Balaban J connectivity index is 1.80. The number of furan rings is 1. The van der Waals surface area contributed by atoms with Crippen LogP contribution >= 0.6 is 0 Å². The van der Waals surface area contributed by atoms with Gasteiger partial charge in [0.15, 0.2) is 11.6 Å². The Morgan fingerprint density at radius 3 is 2.52 bits per heavy atom. The summed E-state index contributed by atoms with van der Waals surface area (Å²) in [6.45, 7) is 1.78. The molecule has 0 aliphatic carbocycles. The third-order valence-electron chi connectivity index (χ3n) is 4.88. The van der Waals surface area contributed by atoms with E-state index in [-0.39, 0.29) is 22.9 Å². The maximum atomic E-state index is 13.4. The van der Waals surface area contributed by atoms with Gasteiger partial charge in [0.25, 0.3) is 10.0 Å². The molecule has 0 aliphatic rings. The minimum atomic E-state index is -4.03. The number of sulfonamides is 1. The molecule has 0 fully saturated rings. The molecule has 0 atom stereocenters. The molecule has 10 heteroatoms. The monoisotopic (exact) mass is 437 g/mol. The van der Waals surface area contributed by atoms with Crippen LogP contribution in [0.5, 0.6) is 0 Å². The molecule has 0 radical (unpaired) electrons. The van der Waals surface area contributed by atoms with Crippen molar-refractivity contribution in [3.63, 3.8) is 0 Å². The fraction of sp³-hybridized carbons (Fsp3) is 0.0952. The van der Waals surface area contributed by atoms with E-state index < -0.39 is 15.8 Å². The van der Waals surface area contributed by atoms with E-state index in [2.05, 4.69) is 15.2 Å². The van der Waals surface area contributed by atoms with Gasteiger partial charge in [-0.3, -0.25) is 4.40 Å². The zero-order valence-electron chi connectivity index (χ0n) is 16.3. The van der Waals surface area contributed by atoms with E-state index in [0.29, 0.717) is 22.6 Å². The summed E-state index contributed by atoms with van der Waals surface area (Å²) >= 11 is 0. The number of anilines is 1. The molecule has 0 amide bonds. The van der Waals surface area contributed by atoms with E-state index in [1.807, 2.05) is 18.2 Å². The molecular weight excluding hydrogens is 421 g/mol. The number of para-hydroxylation sites is 2. The second-order valence-electron chi connectivity index (χ2n) is 6.71. The van der Waals surface area contributed by atoms with Crippen molar-refractivity contribution in [3.05, 3.63) is 72.7 Å². The summed E-state index contributed by atoms with van der Waals surface area (Å²) in [7, 11) is -4.03. The molecule has 0 bridgehead atoms. The summed E-state index contributed by atoms with van der Waals surface area (Å²) < 4.78 is 48.5. The number of aromatic nitrogens is 4. The quantitative estimate of drug-likeness (QED) is 0.414. The number of hydrogen-bond acceptors (Lipinski definition) is 6. The Labute approximate surface area is 176 Å². The molecule has 3 aromatic heterocycles. The molecule has 0 saturated carbocycles. The van der Waals surface area contributed by atoms with Crippen LogP contribution in [0.2, 0.25) is 0 Å². The largest absolute Gasteiger partial charge is 0.461 e. The highest BCUT2D eigenvalue weighted by atomic mass is 32.2. The first-order chi connectivity index (χ1) is 15.0. The standard InChI is InChI=1S/C21H16FN5O3S/c1-2-26(31(28,29)15-11-9-14(22)10-12-15)20-21-25-24-19(18-8-5-13-30-18)27(21)17-7-4-3-6-16(17)23-20/h3-13H,2H2,1H3. The van der Waals surface area contributed by atoms with Gasteiger partial charge in [0.1, 0.15) is 5.82 Å². The highest BCUT2D eigenvalue weighted by Crippen LogP contribution is 2.31. The van der Waals surface area contributed by atoms with Crippen molar-refractivity contribution in [2.45, 2.75) is 11.8 Å². The third-order valence-corrected chi connectivity index (χ3v) is 6.76. The van der Waals surface area contributed by atoms with Crippen LogP contribution < -0.4 is 4.31 Å². The summed E-state index contributed by atoms with van der Waals surface area (Å²) in [4.78, 5) is 4.55. The predicted octanol–water partition coefficient (Wildman–Crippen LogP) is 3.89. The first-order valence-corrected chi connectivity index (χ1v) is 10.9. The maximum Gasteiger partial charge on any atom is 0.265 e. The van der Waals surface area contributed by atoms with Gasteiger partial charge in [0.2, 0.25) is 11.5 Å². The van der Waals surface area contributed by atoms with Crippen LogP contribution in [0.4, 0.5) is 10.2 Å². The minimum absolute atomic E-state index is 0.0466. The Hall–Kier alpha value is -3.79. The number of fused-ring (bicyclic) bond motifs is 3. The molecule has 0 saturated heterocycles. The minimum Gasteiger partial charge on any atom is -0.461 e. The number of nitrogens with zero attached hydrogens (tertiary/aromatic N) is 5. The van der Waals surface area contributed by atoms with Crippen LogP contribution in [-0.4, -0.2) is 34.5 Å². The average molecular weight is 437 g/mol. The first-order valence-electron chi connectivity index (χ1n) is 9.47. The van der Waals surface area contributed by atoms with Crippen LogP contribution in [0, 0.1) is 5.82 Å². The molecule has 3 heterocycles. The van der Waals surface area contributed by atoms with Crippen LogP contribution in [0.25, 0.3) is 28.3 Å². The zero-order valence-corrected chi connectivity index (χ0v) is 17.1. The molecule has 0 aliphatic heterocycles. The number of halogens is 1. The van der Waals surface area contributed by atoms with Crippen molar-refractivity contribution in [3.8, 4) is 11.6 Å². The van der Waals surface area contributed by atoms with E-state index in [1.54, 1.807) is 29.5 Å². The van der Waals surface area contributed by atoms with E-state index in [4.69, 9.17) is 4.42 Å². The molecule has 8 nitrogen and oxygen atoms in total. The Morgan fingerprint density at radius 1 is 1.03 bits per heavy atom. The Kier molecular flexibility index (Phi) is 4.44. The van der Waals surface area contributed by atoms with Gasteiger partial charge in [0, 0.05) is 6.54 Å². The normalized spacial score (nSPS) is 11.9. The molecule has 156 valence electrons. The van der Waals surface area contributed by atoms with Crippen molar-refractivity contribution in [2.24, 2.45) is 0 Å². The molecule has 0 N–H and O–H groups in total.